The van der Waals surface area contributed by atoms with Crippen molar-refractivity contribution in [2.75, 3.05) is 6.54 Å². The van der Waals surface area contributed by atoms with E-state index in [1.54, 1.807) is 17.6 Å². The number of hydrogen-bond donors (Lipinski definition) is 1. The van der Waals surface area contributed by atoms with Gasteiger partial charge in [0, 0.05) is 10.4 Å². The Morgan fingerprint density at radius 2 is 2.38 bits per heavy atom. The molecule has 0 saturated heterocycles. The van der Waals surface area contributed by atoms with Crippen LogP contribution in [-0.2, 0) is 0 Å². The third kappa shape index (κ3) is 2.39. The first-order valence-electron chi connectivity index (χ1n) is 5.23. The number of thiophene rings is 1. The number of rotatable bonds is 4. The predicted octanol–water partition coefficient (Wildman–Crippen LogP) is 4.11. The molecule has 1 N–H and O–H groups in total. The van der Waals surface area contributed by atoms with Crippen molar-refractivity contribution in [3.8, 4) is 0 Å². The van der Waals surface area contributed by atoms with Crippen LogP contribution in [0.3, 0.4) is 0 Å². The Hall–Kier alpha value is -0.580. The Morgan fingerprint density at radius 3 is 2.88 bits per heavy atom. The van der Waals surface area contributed by atoms with Gasteiger partial charge in [-0.15, -0.1) is 11.3 Å². The molecule has 2 nitrogen and oxygen atoms in total. The molecule has 0 fully saturated rings. The van der Waals surface area contributed by atoms with E-state index in [1.807, 2.05) is 6.07 Å². The molecule has 0 aromatic carbocycles. The van der Waals surface area contributed by atoms with Crippen LogP contribution in [0.1, 0.15) is 29.0 Å². The van der Waals surface area contributed by atoms with Gasteiger partial charge in [0.1, 0.15) is 0 Å². The van der Waals surface area contributed by atoms with Gasteiger partial charge in [0.25, 0.3) is 0 Å². The molecule has 0 aliphatic rings. The lowest BCUT2D eigenvalue weighted by Gasteiger charge is -2.15. The summed E-state index contributed by atoms with van der Waals surface area (Å²) < 4.78 is 6.11. The van der Waals surface area contributed by atoms with Gasteiger partial charge in [-0.1, -0.05) is 6.92 Å². The molecule has 0 aliphatic heterocycles. The van der Waals surface area contributed by atoms with Crippen LogP contribution >= 0.6 is 27.3 Å². The smallest absolute Gasteiger partial charge is 0.174 e. The van der Waals surface area contributed by atoms with Crippen molar-refractivity contribution in [1.82, 2.24) is 5.32 Å². The minimum atomic E-state index is 0.211. The number of hydrogen-bond acceptors (Lipinski definition) is 3. The topological polar surface area (TPSA) is 25.2 Å². The Balaban J connectivity index is 2.34. The van der Waals surface area contributed by atoms with E-state index in [-0.39, 0.29) is 6.04 Å². The van der Waals surface area contributed by atoms with Crippen LogP contribution in [0.2, 0.25) is 0 Å². The lowest BCUT2D eigenvalue weighted by molar-refractivity contribution is 0.527. The molecular weight excluding hydrogens is 286 g/mol. The summed E-state index contributed by atoms with van der Waals surface area (Å²) in [4.78, 5) is 1.33. The monoisotopic (exact) mass is 299 g/mol. The fraction of sp³-hybridized carbons (Fsp3) is 0.333. The Labute approximate surface area is 108 Å². The van der Waals surface area contributed by atoms with Gasteiger partial charge < -0.3 is 9.73 Å². The van der Waals surface area contributed by atoms with Gasteiger partial charge in [-0.25, -0.2) is 0 Å². The normalized spacial score (nSPS) is 12.9. The Bertz CT molecular complexity index is 463. The summed E-state index contributed by atoms with van der Waals surface area (Å²) in [6, 6.07) is 4.44. The van der Waals surface area contributed by atoms with E-state index in [0.717, 1.165) is 16.8 Å². The van der Waals surface area contributed by atoms with Crippen molar-refractivity contribution in [3.63, 3.8) is 0 Å². The highest BCUT2D eigenvalue weighted by atomic mass is 79.9. The van der Waals surface area contributed by atoms with Crippen LogP contribution in [-0.4, -0.2) is 6.54 Å². The highest BCUT2D eigenvalue weighted by Crippen LogP contribution is 2.31. The first-order chi connectivity index (χ1) is 7.72. The highest BCUT2D eigenvalue weighted by Gasteiger charge is 2.18. The van der Waals surface area contributed by atoms with E-state index in [0.29, 0.717) is 0 Å². The molecule has 2 heterocycles. The summed E-state index contributed by atoms with van der Waals surface area (Å²) in [7, 11) is 0. The van der Waals surface area contributed by atoms with Crippen LogP contribution in [0.5, 0.6) is 0 Å². The lowest BCUT2D eigenvalue weighted by Crippen LogP contribution is -2.21. The summed E-state index contributed by atoms with van der Waals surface area (Å²) in [5.41, 5.74) is 2.45. The van der Waals surface area contributed by atoms with Crippen molar-refractivity contribution in [2.45, 2.75) is 19.9 Å². The molecule has 2 aromatic heterocycles. The van der Waals surface area contributed by atoms with Gasteiger partial charge in [0.15, 0.2) is 4.67 Å². The summed E-state index contributed by atoms with van der Waals surface area (Å²) in [6.45, 7) is 5.17. The minimum Gasteiger partial charge on any atom is -0.457 e. The molecule has 0 amide bonds. The molecule has 0 aliphatic carbocycles. The molecule has 2 rings (SSSR count). The molecule has 0 saturated carbocycles. The zero-order valence-electron chi connectivity index (χ0n) is 9.29. The molecule has 0 spiro atoms. The van der Waals surface area contributed by atoms with E-state index in [9.17, 15) is 0 Å². The molecule has 1 atom stereocenters. The van der Waals surface area contributed by atoms with E-state index in [1.165, 1.54) is 10.4 Å². The molecule has 2 aromatic rings. The predicted molar refractivity (Wildman–Crippen MR) is 71.0 cm³/mol. The van der Waals surface area contributed by atoms with Gasteiger partial charge in [-0.3, -0.25) is 0 Å². The Kier molecular flexibility index (Phi) is 3.84. The molecule has 1 unspecified atom stereocenters. The van der Waals surface area contributed by atoms with Crippen LogP contribution in [0.15, 0.2) is 32.9 Å². The molecule has 16 heavy (non-hydrogen) atoms. The van der Waals surface area contributed by atoms with E-state index < -0.39 is 0 Å². The maximum absolute atomic E-state index is 5.30. The highest BCUT2D eigenvalue weighted by molar-refractivity contribution is 9.10. The largest absolute Gasteiger partial charge is 0.457 e. The van der Waals surface area contributed by atoms with Crippen LogP contribution in [0.4, 0.5) is 0 Å². The fourth-order valence-corrected chi connectivity index (χ4v) is 2.94. The molecule has 86 valence electrons. The van der Waals surface area contributed by atoms with Gasteiger partial charge in [0.2, 0.25) is 0 Å². The number of furan rings is 1. The zero-order chi connectivity index (χ0) is 11.5. The second-order valence-electron chi connectivity index (χ2n) is 3.63. The number of aryl methyl sites for hydroxylation is 1. The molecule has 4 heteroatoms. The molecule has 0 radical (unpaired) electrons. The first kappa shape index (κ1) is 11.9. The summed E-state index contributed by atoms with van der Waals surface area (Å²) >= 11 is 5.21. The van der Waals surface area contributed by atoms with Crippen molar-refractivity contribution in [3.05, 3.63) is 44.4 Å². The SMILES string of the molecule is CCNC(c1csc(C)c1)c1ccoc1Br. The van der Waals surface area contributed by atoms with Crippen LogP contribution in [0.25, 0.3) is 0 Å². The third-order valence-corrected chi connectivity index (χ3v) is 3.97. The average Bonchev–Trinajstić information content (AvgIpc) is 2.84. The summed E-state index contributed by atoms with van der Waals surface area (Å²) in [6.07, 6.45) is 1.71. The fourth-order valence-electron chi connectivity index (χ4n) is 1.74. The number of halogens is 1. The van der Waals surface area contributed by atoms with E-state index in [4.69, 9.17) is 4.42 Å². The van der Waals surface area contributed by atoms with Crippen LogP contribution in [0, 0.1) is 6.92 Å². The quantitative estimate of drug-likeness (QED) is 0.919. The van der Waals surface area contributed by atoms with Gasteiger partial charge in [-0.05, 0) is 52.5 Å². The number of nitrogens with one attached hydrogen (secondary N) is 1. The van der Waals surface area contributed by atoms with E-state index in [2.05, 4.69) is 46.5 Å². The van der Waals surface area contributed by atoms with E-state index >= 15 is 0 Å². The zero-order valence-corrected chi connectivity index (χ0v) is 11.7. The first-order valence-corrected chi connectivity index (χ1v) is 6.91. The van der Waals surface area contributed by atoms with Gasteiger partial charge >= 0.3 is 0 Å². The summed E-state index contributed by atoms with van der Waals surface area (Å²) in [5.74, 6) is 0. The standard InChI is InChI=1S/C12H14BrNOS/c1-3-14-11(9-6-8(2)16-7-9)10-4-5-15-12(10)13/h4-7,11,14H,3H2,1-2H3. The third-order valence-electron chi connectivity index (χ3n) is 2.45. The van der Waals surface area contributed by atoms with Gasteiger partial charge in [0.05, 0.1) is 12.3 Å². The Morgan fingerprint density at radius 1 is 1.56 bits per heavy atom. The van der Waals surface area contributed by atoms with Gasteiger partial charge in [-0.2, -0.15) is 0 Å². The van der Waals surface area contributed by atoms with Crippen molar-refractivity contribution in [1.29, 1.82) is 0 Å². The van der Waals surface area contributed by atoms with Crippen LogP contribution < -0.4 is 5.32 Å². The molecule has 0 bridgehead atoms. The minimum absolute atomic E-state index is 0.211. The van der Waals surface area contributed by atoms with Crippen molar-refractivity contribution in [2.24, 2.45) is 0 Å². The maximum Gasteiger partial charge on any atom is 0.174 e. The second-order valence-corrected chi connectivity index (χ2v) is 5.47. The second kappa shape index (κ2) is 5.17. The molecular formula is C12H14BrNOS. The van der Waals surface area contributed by atoms with Crippen molar-refractivity contribution >= 4 is 27.3 Å². The maximum atomic E-state index is 5.30. The van der Waals surface area contributed by atoms with Crippen molar-refractivity contribution < 1.29 is 4.42 Å². The lowest BCUT2D eigenvalue weighted by atomic mass is 10.0. The summed E-state index contributed by atoms with van der Waals surface area (Å²) in [5, 5.41) is 5.67. The average molecular weight is 300 g/mol.